The van der Waals surface area contributed by atoms with Crippen molar-refractivity contribution in [1.82, 2.24) is 0 Å². The van der Waals surface area contributed by atoms with Crippen LogP contribution in [-0.2, 0) is 6.42 Å². The Morgan fingerprint density at radius 3 is 0.973 bits per heavy atom. The number of aryl methyl sites for hydroxylation is 1. The van der Waals surface area contributed by atoms with Crippen molar-refractivity contribution in [3.05, 3.63) is 17.7 Å². The molecular weight excluding hydrogens is 456 g/mol. The predicted octanol–water partition coefficient (Wildman–Crippen LogP) is 11.2. The van der Waals surface area contributed by atoms with Crippen molar-refractivity contribution in [1.29, 1.82) is 0 Å². The predicted molar refractivity (Wildman–Crippen MR) is 162 cm³/mol. The first kappa shape index (κ1) is 33.6. The Balaban J connectivity index is 1.84. The van der Waals surface area contributed by atoms with Crippen molar-refractivity contribution < 1.29 is 14.2 Å². The molecule has 0 bridgehead atoms. The van der Waals surface area contributed by atoms with Crippen molar-refractivity contribution in [2.75, 3.05) is 21.3 Å². The quantitative estimate of drug-likeness (QED) is 0.108. The maximum absolute atomic E-state index is 5.47. The molecule has 0 saturated carbocycles. The van der Waals surface area contributed by atoms with E-state index in [0.717, 1.165) is 17.9 Å². The second-order valence-corrected chi connectivity index (χ2v) is 11.1. The molecule has 216 valence electrons. The molecule has 1 aromatic rings. The average molecular weight is 519 g/mol. The summed E-state index contributed by atoms with van der Waals surface area (Å²) in [5, 5.41) is 0. The highest BCUT2D eigenvalue weighted by molar-refractivity contribution is 5.53. The third-order valence-corrected chi connectivity index (χ3v) is 7.79. The molecule has 0 aromatic heterocycles. The number of benzene rings is 1. The zero-order chi connectivity index (χ0) is 26.8. The number of ether oxygens (including phenoxy) is 3. The smallest absolute Gasteiger partial charge is 0.203 e. The molecule has 37 heavy (non-hydrogen) atoms. The van der Waals surface area contributed by atoms with Gasteiger partial charge in [0.2, 0.25) is 5.75 Å². The van der Waals surface area contributed by atoms with Crippen LogP contribution in [0.3, 0.4) is 0 Å². The van der Waals surface area contributed by atoms with E-state index in [1.807, 2.05) is 0 Å². The van der Waals surface area contributed by atoms with Gasteiger partial charge >= 0.3 is 0 Å². The van der Waals surface area contributed by atoms with Gasteiger partial charge in [-0.15, -0.1) is 0 Å². The van der Waals surface area contributed by atoms with Gasteiger partial charge in [0.15, 0.2) is 11.5 Å². The summed E-state index contributed by atoms with van der Waals surface area (Å²) in [6.45, 7) is 2.30. The third-order valence-electron chi connectivity index (χ3n) is 7.79. The summed E-state index contributed by atoms with van der Waals surface area (Å²) in [5.74, 6) is 2.19. The summed E-state index contributed by atoms with van der Waals surface area (Å²) in [5.41, 5.74) is 1.26. The summed E-state index contributed by atoms with van der Waals surface area (Å²) in [4.78, 5) is 0. The Morgan fingerprint density at radius 2 is 0.703 bits per heavy atom. The summed E-state index contributed by atoms with van der Waals surface area (Å²) in [7, 11) is 5.02. The lowest BCUT2D eigenvalue weighted by molar-refractivity contribution is 0.323. The van der Waals surface area contributed by atoms with Crippen LogP contribution in [-0.4, -0.2) is 21.3 Å². The van der Waals surface area contributed by atoms with Crippen LogP contribution in [0.4, 0.5) is 0 Å². The minimum absolute atomic E-state index is 0.679. The van der Waals surface area contributed by atoms with Crippen LogP contribution in [0.2, 0.25) is 0 Å². The Morgan fingerprint density at radius 1 is 0.405 bits per heavy atom. The van der Waals surface area contributed by atoms with Gasteiger partial charge in [0.1, 0.15) is 0 Å². The Bertz CT molecular complexity index is 602. The molecule has 0 aliphatic rings. The molecule has 1 aromatic carbocycles. The molecule has 0 saturated heterocycles. The zero-order valence-corrected chi connectivity index (χ0v) is 25.4. The van der Waals surface area contributed by atoms with E-state index in [-0.39, 0.29) is 0 Å². The van der Waals surface area contributed by atoms with Crippen molar-refractivity contribution in [3.8, 4) is 17.2 Å². The van der Waals surface area contributed by atoms with E-state index >= 15 is 0 Å². The Hall–Kier alpha value is -1.38. The SMILES string of the molecule is CCCCCCCCCCCCCCCCCCCCCCCCCc1cc(OC)c(OC)c(OC)c1. The van der Waals surface area contributed by atoms with Gasteiger partial charge < -0.3 is 14.2 Å². The van der Waals surface area contributed by atoms with Crippen LogP contribution in [0, 0.1) is 0 Å². The topological polar surface area (TPSA) is 27.7 Å². The molecule has 3 nitrogen and oxygen atoms in total. The Labute approximate surface area is 231 Å². The number of rotatable bonds is 27. The van der Waals surface area contributed by atoms with Gasteiger partial charge in [0.05, 0.1) is 21.3 Å². The summed E-state index contributed by atoms with van der Waals surface area (Å²) < 4.78 is 16.4. The highest BCUT2D eigenvalue weighted by Gasteiger charge is 2.12. The molecule has 3 heteroatoms. The number of hydrogen-bond donors (Lipinski definition) is 0. The van der Waals surface area contributed by atoms with Crippen LogP contribution >= 0.6 is 0 Å². The Kier molecular flexibility index (Phi) is 22.7. The highest BCUT2D eigenvalue weighted by Crippen LogP contribution is 2.38. The largest absolute Gasteiger partial charge is 0.493 e. The van der Waals surface area contributed by atoms with E-state index in [2.05, 4.69) is 19.1 Å². The fraction of sp³-hybridized carbons (Fsp3) is 0.824. The van der Waals surface area contributed by atoms with Gasteiger partial charge in [-0.25, -0.2) is 0 Å². The van der Waals surface area contributed by atoms with Crippen LogP contribution < -0.4 is 14.2 Å². The lowest BCUT2D eigenvalue weighted by Gasteiger charge is -2.14. The van der Waals surface area contributed by atoms with Gasteiger partial charge in [-0.05, 0) is 30.5 Å². The first-order valence-electron chi connectivity index (χ1n) is 16.1. The van der Waals surface area contributed by atoms with Gasteiger partial charge in [-0.2, -0.15) is 0 Å². The summed E-state index contributed by atoms with van der Waals surface area (Å²) >= 11 is 0. The van der Waals surface area contributed by atoms with Gasteiger partial charge in [-0.1, -0.05) is 148 Å². The molecule has 0 radical (unpaired) electrons. The van der Waals surface area contributed by atoms with Crippen molar-refractivity contribution >= 4 is 0 Å². The molecular formula is C34H62O3. The lowest BCUT2D eigenvalue weighted by Crippen LogP contribution is -1.97. The van der Waals surface area contributed by atoms with Gasteiger partial charge in [0.25, 0.3) is 0 Å². The van der Waals surface area contributed by atoms with E-state index in [1.165, 1.54) is 153 Å². The molecule has 0 heterocycles. The van der Waals surface area contributed by atoms with Crippen LogP contribution in [0.15, 0.2) is 12.1 Å². The first-order chi connectivity index (χ1) is 18.3. The van der Waals surface area contributed by atoms with E-state index in [1.54, 1.807) is 21.3 Å². The number of unbranched alkanes of at least 4 members (excludes halogenated alkanes) is 22. The molecule has 0 aliphatic carbocycles. The highest BCUT2D eigenvalue weighted by atomic mass is 16.5. The molecule has 0 N–H and O–H groups in total. The normalized spacial score (nSPS) is 11.1. The second kappa shape index (κ2) is 24.9. The molecule has 0 aliphatic heterocycles. The molecule has 0 spiro atoms. The van der Waals surface area contributed by atoms with Crippen LogP contribution in [0.5, 0.6) is 17.2 Å². The summed E-state index contributed by atoms with van der Waals surface area (Å²) in [6, 6.07) is 4.17. The second-order valence-electron chi connectivity index (χ2n) is 11.1. The monoisotopic (exact) mass is 518 g/mol. The fourth-order valence-electron chi connectivity index (χ4n) is 5.39. The molecule has 1 rings (SSSR count). The number of methoxy groups -OCH3 is 3. The average Bonchev–Trinajstić information content (AvgIpc) is 2.92. The van der Waals surface area contributed by atoms with Gasteiger partial charge in [0, 0.05) is 0 Å². The van der Waals surface area contributed by atoms with Crippen molar-refractivity contribution in [3.63, 3.8) is 0 Å². The standard InChI is InChI=1S/C34H62O3/c1-5-6-7-8-9-10-11-12-13-14-15-16-17-18-19-20-21-22-23-24-25-26-27-28-31-29-32(35-2)34(37-4)33(30-31)36-3/h29-30H,5-28H2,1-4H3. The van der Waals surface area contributed by atoms with Crippen molar-refractivity contribution in [2.24, 2.45) is 0 Å². The minimum atomic E-state index is 0.679. The zero-order valence-electron chi connectivity index (χ0n) is 25.4. The van der Waals surface area contributed by atoms with E-state index < -0.39 is 0 Å². The van der Waals surface area contributed by atoms with E-state index in [0.29, 0.717) is 5.75 Å². The molecule has 0 amide bonds. The third kappa shape index (κ3) is 17.7. The van der Waals surface area contributed by atoms with Crippen molar-refractivity contribution in [2.45, 2.75) is 161 Å². The minimum Gasteiger partial charge on any atom is -0.493 e. The fourth-order valence-corrected chi connectivity index (χ4v) is 5.39. The maximum atomic E-state index is 5.47. The van der Waals surface area contributed by atoms with E-state index in [9.17, 15) is 0 Å². The first-order valence-corrected chi connectivity index (χ1v) is 16.1. The molecule has 0 unspecified atom stereocenters. The van der Waals surface area contributed by atoms with Crippen LogP contribution in [0.25, 0.3) is 0 Å². The molecule has 0 fully saturated rings. The maximum Gasteiger partial charge on any atom is 0.203 e. The lowest BCUT2D eigenvalue weighted by atomic mass is 10.0. The van der Waals surface area contributed by atoms with Gasteiger partial charge in [-0.3, -0.25) is 0 Å². The van der Waals surface area contributed by atoms with E-state index in [4.69, 9.17) is 14.2 Å². The van der Waals surface area contributed by atoms with Crippen LogP contribution in [0.1, 0.15) is 160 Å². The molecule has 0 atom stereocenters. The summed E-state index contributed by atoms with van der Waals surface area (Å²) in [6.07, 6.45) is 33.9. The number of hydrogen-bond acceptors (Lipinski definition) is 3.